The minimum absolute atomic E-state index is 0.0439. The average molecular weight is 297 g/mol. The summed E-state index contributed by atoms with van der Waals surface area (Å²) in [7, 11) is -3.53. The highest BCUT2D eigenvalue weighted by molar-refractivity contribution is 7.89. The quantitative estimate of drug-likeness (QED) is 0.798. The summed E-state index contributed by atoms with van der Waals surface area (Å²) < 4.78 is 31.5. The van der Waals surface area contributed by atoms with Crippen LogP contribution in [0.15, 0.2) is 29.2 Å². The lowest BCUT2D eigenvalue weighted by Gasteiger charge is -2.26. The molecule has 1 aliphatic rings. The van der Waals surface area contributed by atoms with Gasteiger partial charge in [0.05, 0.1) is 24.0 Å². The Labute approximate surface area is 119 Å². The zero-order chi connectivity index (χ0) is 14.9. The topological polar surface area (TPSA) is 63.7 Å². The van der Waals surface area contributed by atoms with Gasteiger partial charge in [-0.05, 0) is 32.4 Å². The first-order valence-electron chi connectivity index (χ1n) is 6.67. The van der Waals surface area contributed by atoms with Crippen molar-refractivity contribution in [1.29, 1.82) is 0 Å². The predicted molar refractivity (Wildman–Crippen MR) is 74.6 cm³/mol. The van der Waals surface area contributed by atoms with Gasteiger partial charge in [0, 0.05) is 6.04 Å². The molecule has 1 aromatic carbocycles. The molecule has 0 saturated heterocycles. The van der Waals surface area contributed by atoms with Crippen molar-refractivity contribution in [3.8, 4) is 0 Å². The van der Waals surface area contributed by atoms with E-state index in [0.29, 0.717) is 17.1 Å². The van der Waals surface area contributed by atoms with Gasteiger partial charge in [-0.1, -0.05) is 18.2 Å². The van der Waals surface area contributed by atoms with Gasteiger partial charge in [0.1, 0.15) is 0 Å². The van der Waals surface area contributed by atoms with E-state index in [1.807, 2.05) is 13.8 Å². The summed E-state index contributed by atoms with van der Waals surface area (Å²) in [5, 5.41) is 0. The molecule has 0 spiro atoms. The van der Waals surface area contributed by atoms with E-state index >= 15 is 0 Å². The summed E-state index contributed by atoms with van der Waals surface area (Å²) in [4.78, 5) is 12.0. The fourth-order valence-electron chi connectivity index (χ4n) is 2.62. The Hall–Kier alpha value is -1.40. The van der Waals surface area contributed by atoms with E-state index in [1.165, 1.54) is 4.31 Å². The van der Waals surface area contributed by atoms with Crippen molar-refractivity contribution < 1.29 is 17.9 Å². The smallest absolute Gasteiger partial charge is 0.307 e. The molecule has 2 rings (SSSR count). The second-order valence-electron chi connectivity index (χ2n) is 4.99. The van der Waals surface area contributed by atoms with Crippen LogP contribution < -0.4 is 0 Å². The van der Waals surface area contributed by atoms with E-state index < -0.39 is 16.1 Å². The SMILES string of the molecule is CCOC(=O)C[C@H]1c2ccccc2S(=O)(=O)N1C(C)C. The Morgan fingerprint density at radius 1 is 1.35 bits per heavy atom. The number of hydrogen-bond acceptors (Lipinski definition) is 4. The summed E-state index contributed by atoms with van der Waals surface area (Å²) in [6.45, 7) is 5.64. The van der Waals surface area contributed by atoms with Crippen molar-refractivity contribution in [2.75, 3.05) is 6.61 Å². The fraction of sp³-hybridized carbons (Fsp3) is 0.500. The number of hydrogen-bond donors (Lipinski definition) is 0. The lowest BCUT2D eigenvalue weighted by Crippen LogP contribution is -2.35. The monoisotopic (exact) mass is 297 g/mol. The maximum Gasteiger partial charge on any atom is 0.307 e. The van der Waals surface area contributed by atoms with Crippen LogP contribution in [0.2, 0.25) is 0 Å². The highest BCUT2D eigenvalue weighted by atomic mass is 32.2. The molecule has 0 radical (unpaired) electrons. The second-order valence-corrected chi connectivity index (χ2v) is 6.80. The minimum Gasteiger partial charge on any atom is -0.466 e. The number of esters is 1. The van der Waals surface area contributed by atoms with E-state index in [4.69, 9.17) is 4.74 Å². The van der Waals surface area contributed by atoms with Gasteiger partial charge in [-0.2, -0.15) is 4.31 Å². The Kier molecular flexibility index (Phi) is 4.15. The molecule has 1 heterocycles. The number of rotatable bonds is 4. The predicted octanol–water partition coefficient (Wildman–Crippen LogP) is 2.09. The molecule has 1 aromatic rings. The molecule has 1 aliphatic heterocycles. The zero-order valence-corrected chi connectivity index (χ0v) is 12.7. The summed E-state index contributed by atoms with van der Waals surface area (Å²) in [6.07, 6.45) is 0.0439. The molecule has 0 unspecified atom stereocenters. The summed E-state index contributed by atoms with van der Waals surface area (Å²) >= 11 is 0. The van der Waals surface area contributed by atoms with Gasteiger partial charge in [0.25, 0.3) is 0 Å². The molecule has 20 heavy (non-hydrogen) atoms. The highest BCUT2D eigenvalue weighted by Gasteiger charge is 2.44. The molecular formula is C14H19NO4S. The lowest BCUT2D eigenvalue weighted by molar-refractivity contribution is -0.144. The van der Waals surface area contributed by atoms with Crippen LogP contribution in [0, 0.1) is 0 Å². The number of ether oxygens (including phenoxy) is 1. The molecule has 0 saturated carbocycles. The van der Waals surface area contributed by atoms with Crippen LogP contribution in [-0.4, -0.2) is 31.3 Å². The van der Waals surface area contributed by atoms with E-state index in [-0.39, 0.29) is 18.4 Å². The van der Waals surface area contributed by atoms with Crippen molar-refractivity contribution in [3.63, 3.8) is 0 Å². The van der Waals surface area contributed by atoms with Crippen LogP contribution in [0.1, 0.15) is 38.8 Å². The Balaban J connectivity index is 2.45. The van der Waals surface area contributed by atoms with E-state index in [0.717, 1.165) is 0 Å². The molecule has 0 aromatic heterocycles. The van der Waals surface area contributed by atoms with Gasteiger partial charge < -0.3 is 4.74 Å². The van der Waals surface area contributed by atoms with Gasteiger partial charge in [0.2, 0.25) is 10.0 Å². The van der Waals surface area contributed by atoms with E-state index in [2.05, 4.69) is 0 Å². The molecule has 0 bridgehead atoms. The first kappa shape index (κ1) is 15.0. The van der Waals surface area contributed by atoms with Crippen LogP contribution in [0.4, 0.5) is 0 Å². The fourth-order valence-corrected chi connectivity index (χ4v) is 4.68. The molecule has 0 aliphatic carbocycles. The summed E-state index contributed by atoms with van der Waals surface area (Å²) in [5.41, 5.74) is 0.675. The largest absolute Gasteiger partial charge is 0.466 e. The first-order valence-corrected chi connectivity index (χ1v) is 8.11. The molecule has 1 atom stereocenters. The normalized spacial score (nSPS) is 20.9. The van der Waals surface area contributed by atoms with Crippen molar-refractivity contribution in [3.05, 3.63) is 29.8 Å². The Bertz CT molecular complexity index is 609. The number of nitrogens with zero attached hydrogens (tertiary/aromatic N) is 1. The molecule has 0 fully saturated rings. The first-order chi connectivity index (χ1) is 9.39. The van der Waals surface area contributed by atoms with E-state index in [9.17, 15) is 13.2 Å². The lowest BCUT2D eigenvalue weighted by atomic mass is 10.0. The van der Waals surface area contributed by atoms with Crippen LogP contribution in [0.3, 0.4) is 0 Å². The third-order valence-corrected chi connectivity index (χ3v) is 5.47. The van der Waals surface area contributed by atoms with Crippen molar-refractivity contribution in [1.82, 2.24) is 4.31 Å². The Morgan fingerprint density at radius 3 is 2.60 bits per heavy atom. The number of benzene rings is 1. The number of fused-ring (bicyclic) bond motifs is 1. The molecule has 0 N–H and O–H groups in total. The average Bonchev–Trinajstić information content (AvgIpc) is 2.59. The van der Waals surface area contributed by atoms with Crippen LogP contribution >= 0.6 is 0 Å². The van der Waals surface area contributed by atoms with Gasteiger partial charge in [-0.3, -0.25) is 4.79 Å². The van der Waals surface area contributed by atoms with Gasteiger partial charge in [-0.25, -0.2) is 8.42 Å². The van der Waals surface area contributed by atoms with Crippen LogP contribution in [0.5, 0.6) is 0 Å². The molecule has 6 heteroatoms. The summed E-state index contributed by atoms with van der Waals surface area (Å²) in [5.74, 6) is -0.380. The minimum atomic E-state index is -3.53. The third-order valence-electron chi connectivity index (χ3n) is 3.31. The number of carbonyl (C=O) groups excluding carboxylic acids is 1. The summed E-state index contributed by atoms with van der Waals surface area (Å²) in [6, 6.07) is 6.14. The maximum atomic E-state index is 12.5. The van der Waals surface area contributed by atoms with Crippen molar-refractivity contribution >= 4 is 16.0 Å². The molecule has 110 valence electrons. The van der Waals surface area contributed by atoms with Crippen LogP contribution in [0.25, 0.3) is 0 Å². The highest BCUT2D eigenvalue weighted by Crippen LogP contribution is 2.42. The van der Waals surface area contributed by atoms with Crippen molar-refractivity contribution in [2.45, 2.75) is 44.2 Å². The van der Waals surface area contributed by atoms with Crippen LogP contribution in [-0.2, 0) is 19.6 Å². The number of sulfonamides is 1. The van der Waals surface area contributed by atoms with Gasteiger partial charge in [0.15, 0.2) is 0 Å². The van der Waals surface area contributed by atoms with Gasteiger partial charge in [-0.15, -0.1) is 0 Å². The van der Waals surface area contributed by atoms with E-state index in [1.54, 1.807) is 31.2 Å². The standard InChI is InChI=1S/C14H19NO4S/c1-4-19-14(16)9-12-11-7-5-6-8-13(11)20(17,18)15(12)10(2)3/h5-8,10,12H,4,9H2,1-3H3/t12-/m0/s1. The molecule has 0 amide bonds. The second kappa shape index (κ2) is 5.54. The van der Waals surface area contributed by atoms with Crippen molar-refractivity contribution in [2.24, 2.45) is 0 Å². The Morgan fingerprint density at radius 2 is 2.00 bits per heavy atom. The molecular weight excluding hydrogens is 278 g/mol. The number of carbonyl (C=O) groups is 1. The maximum absolute atomic E-state index is 12.5. The zero-order valence-electron chi connectivity index (χ0n) is 11.9. The third kappa shape index (κ3) is 2.45. The molecule has 5 nitrogen and oxygen atoms in total. The van der Waals surface area contributed by atoms with Gasteiger partial charge >= 0.3 is 5.97 Å².